The van der Waals surface area contributed by atoms with Crippen molar-refractivity contribution in [1.82, 2.24) is 30.6 Å². The SMILES string of the molecule is CC1(C)[C@H](NC(=O)c2ccc(N3CCC(CCN4CCN(c5cc6c(cc5F)C(=O)N(C5CCC(=O)NC5=O)C6=O)CC4)CC3)nn2)C(C)(C)[C@H]1Oc1ccc(C#N)c(Cl)c1. The van der Waals surface area contributed by atoms with E-state index >= 15 is 4.39 Å². The predicted molar refractivity (Wildman–Crippen MR) is 223 cm³/mol. The number of halogens is 2. The number of nitriles is 1. The highest BCUT2D eigenvalue weighted by atomic mass is 35.5. The van der Waals surface area contributed by atoms with Crippen molar-refractivity contribution < 1.29 is 33.1 Å². The Labute approximate surface area is 358 Å². The fraction of sp³-hybridized carbons (Fsp3) is 0.500. The first-order valence-corrected chi connectivity index (χ1v) is 21.2. The van der Waals surface area contributed by atoms with Crippen LogP contribution in [0, 0.1) is 33.9 Å². The van der Waals surface area contributed by atoms with Gasteiger partial charge in [-0.2, -0.15) is 5.26 Å². The summed E-state index contributed by atoms with van der Waals surface area (Å²) in [6.07, 6.45) is 2.85. The number of piperidine rings is 2. The van der Waals surface area contributed by atoms with Crippen molar-refractivity contribution in [1.29, 1.82) is 5.26 Å². The molecule has 61 heavy (non-hydrogen) atoms. The number of piperazine rings is 1. The number of benzene rings is 2. The first kappa shape index (κ1) is 42.0. The highest BCUT2D eigenvalue weighted by Crippen LogP contribution is 2.55. The Morgan fingerprint density at radius 2 is 1.61 bits per heavy atom. The first-order chi connectivity index (χ1) is 29.1. The van der Waals surface area contributed by atoms with Gasteiger partial charge in [0.1, 0.15) is 29.8 Å². The normalized spacial score (nSPS) is 23.9. The summed E-state index contributed by atoms with van der Waals surface area (Å²) in [5.74, 6) is -1.59. The number of hydrogen-bond donors (Lipinski definition) is 2. The number of nitrogens with zero attached hydrogens (tertiary/aromatic N) is 7. The number of fused-ring (bicyclic) bond motifs is 1. The largest absolute Gasteiger partial charge is 0.489 e. The number of rotatable bonds is 10. The summed E-state index contributed by atoms with van der Waals surface area (Å²) in [5, 5.41) is 23.6. The maximum Gasteiger partial charge on any atom is 0.272 e. The maximum atomic E-state index is 15.4. The fourth-order valence-electron chi connectivity index (χ4n) is 10.2. The molecule has 0 radical (unpaired) electrons. The van der Waals surface area contributed by atoms with Crippen LogP contribution in [0.3, 0.4) is 0 Å². The molecule has 1 unspecified atom stereocenters. The molecule has 2 N–H and O–H groups in total. The van der Waals surface area contributed by atoms with Crippen LogP contribution in [-0.4, -0.2) is 114 Å². The van der Waals surface area contributed by atoms with Crippen LogP contribution in [0.5, 0.6) is 5.75 Å². The Kier molecular flexibility index (Phi) is 11.2. The van der Waals surface area contributed by atoms with Crippen molar-refractivity contribution >= 4 is 52.6 Å². The van der Waals surface area contributed by atoms with E-state index in [4.69, 9.17) is 16.3 Å². The van der Waals surface area contributed by atoms with Crippen molar-refractivity contribution in [3.8, 4) is 11.8 Å². The second-order valence-electron chi connectivity index (χ2n) is 17.9. The fourth-order valence-corrected chi connectivity index (χ4v) is 10.4. The number of imide groups is 2. The Morgan fingerprint density at radius 1 is 0.918 bits per heavy atom. The summed E-state index contributed by atoms with van der Waals surface area (Å²) in [5.41, 5.74) is 0.0587. The van der Waals surface area contributed by atoms with E-state index in [9.17, 15) is 29.2 Å². The number of carbonyl (C=O) groups excluding carboxylic acids is 5. The monoisotopic (exact) mass is 853 g/mol. The van der Waals surface area contributed by atoms with Crippen molar-refractivity contribution in [2.24, 2.45) is 16.7 Å². The van der Waals surface area contributed by atoms with E-state index in [2.05, 4.69) is 64.4 Å². The van der Waals surface area contributed by atoms with Crippen LogP contribution in [0.1, 0.15) is 96.6 Å². The Hall–Kier alpha value is -5.66. The molecule has 2 aromatic carbocycles. The van der Waals surface area contributed by atoms with Crippen LogP contribution in [0.2, 0.25) is 5.02 Å². The van der Waals surface area contributed by atoms with E-state index in [1.54, 1.807) is 24.3 Å². The minimum Gasteiger partial charge on any atom is -0.489 e. The number of carbonyl (C=O) groups is 5. The van der Waals surface area contributed by atoms with Crippen molar-refractivity contribution in [2.45, 2.75) is 78.0 Å². The number of hydrogen-bond acceptors (Lipinski definition) is 12. The first-order valence-electron chi connectivity index (χ1n) is 20.8. The molecule has 4 fully saturated rings. The molecule has 1 aliphatic carbocycles. The van der Waals surface area contributed by atoms with Gasteiger partial charge in [-0.3, -0.25) is 39.1 Å². The zero-order valence-corrected chi connectivity index (χ0v) is 35.4. The lowest BCUT2D eigenvalue weighted by atomic mass is 9.49. The van der Waals surface area contributed by atoms with Gasteiger partial charge in [0, 0.05) is 68.6 Å². The summed E-state index contributed by atoms with van der Waals surface area (Å²) in [6, 6.07) is 11.9. The standard InChI is InChI=1S/C44H49ClFN9O6/c1-43(2)41(44(3,4)42(43)61-27-6-5-26(24-47)30(45)21-27)49-37(57)32-7-9-35(51-50-32)54-15-12-25(13-16-54)11-14-52-17-19-53(20-18-52)34-23-29-28(22-31(34)46)39(59)55(40(29)60)33-8-10-36(56)48-38(33)58/h5-7,9,21-23,25,33,41-42H,8,10-20H2,1-4H3,(H,49,57)(H,48,56,58)/t33?,41-,42-. The molecule has 15 nitrogen and oxygen atoms in total. The van der Waals surface area contributed by atoms with Crippen molar-refractivity contribution in [3.05, 3.63) is 75.7 Å². The summed E-state index contributed by atoms with van der Waals surface area (Å²) >= 11 is 6.24. The number of aromatic nitrogens is 2. The Balaban J connectivity index is 0.779. The third-order valence-electron chi connectivity index (χ3n) is 13.3. The van der Waals surface area contributed by atoms with E-state index in [-0.39, 0.29) is 53.4 Å². The van der Waals surface area contributed by atoms with Gasteiger partial charge in [0.05, 0.1) is 27.4 Å². The van der Waals surface area contributed by atoms with Crippen LogP contribution < -0.4 is 25.2 Å². The van der Waals surface area contributed by atoms with E-state index in [1.165, 1.54) is 6.07 Å². The number of amides is 5. The average Bonchev–Trinajstić information content (AvgIpc) is 3.48. The highest BCUT2D eigenvalue weighted by molar-refractivity contribution is 6.31. The molecule has 8 rings (SSSR count). The van der Waals surface area contributed by atoms with Crippen LogP contribution in [0.15, 0.2) is 42.5 Å². The Morgan fingerprint density at radius 3 is 2.23 bits per heavy atom. The third-order valence-corrected chi connectivity index (χ3v) is 13.6. The highest BCUT2D eigenvalue weighted by Gasteiger charge is 2.64. The second-order valence-corrected chi connectivity index (χ2v) is 18.3. The van der Waals surface area contributed by atoms with E-state index in [0.717, 1.165) is 68.8 Å². The quantitative estimate of drug-likeness (QED) is 0.272. The van der Waals surface area contributed by atoms with Gasteiger partial charge in [0.15, 0.2) is 11.5 Å². The topological polar surface area (TPSA) is 181 Å². The predicted octanol–water partition coefficient (Wildman–Crippen LogP) is 4.58. The maximum absolute atomic E-state index is 15.4. The van der Waals surface area contributed by atoms with E-state index in [0.29, 0.717) is 35.3 Å². The lowest BCUT2D eigenvalue weighted by molar-refractivity contribution is -0.164. The van der Waals surface area contributed by atoms with Crippen molar-refractivity contribution in [3.63, 3.8) is 0 Å². The van der Waals surface area contributed by atoms with Gasteiger partial charge in [-0.05, 0) is 74.5 Å². The summed E-state index contributed by atoms with van der Waals surface area (Å²) in [7, 11) is 0. The molecular formula is C44H49ClFN9O6. The van der Waals surface area contributed by atoms with Crippen LogP contribution in [-0.2, 0) is 9.59 Å². The van der Waals surface area contributed by atoms with Gasteiger partial charge in [-0.15, -0.1) is 10.2 Å². The average molecular weight is 854 g/mol. The zero-order chi connectivity index (χ0) is 43.4. The molecule has 1 saturated carbocycles. The Bertz CT molecular complexity index is 2300. The minimum absolute atomic E-state index is 0.0130. The minimum atomic E-state index is -1.10. The molecular weight excluding hydrogens is 805 g/mol. The molecule has 3 aromatic rings. The van der Waals surface area contributed by atoms with E-state index < -0.39 is 46.3 Å². The molecule has 320 valence electrons. The number of ether oxygens (including phenoxy) is 1. The number of nitrogens with one attached hydrogen (secondary N) is 2. The molecule has 5 amide bonds. The van der Waals surface area contributed by atoms with Gasteiger partial charge in [-0.1, -0.05) is 39.3 Å². The van der Waals surface area contributed by atoms with Crippen molar-refractivity contribution in [2.75, 3.05) is 55.6 Å². The zero-order valence-electron chi connectivity index (χ0n) is 34.7. The number of anilines is 2. The van der Waals surface area contributed by atoms with Gasteiger partial charge < -0.3 is 19.9 Å². The second kappa shape index (κ2) is 16.3. The molecule has 0 spiro atoms. The lowest BCUT2D eigenvalue weighted by Crippen LogP contribution is -2.74. The van der Waals surface area contributed by atoms with Crippen LogP contribution in [0.25, 0.3) is 0 Å². The lowest BCUT2D eigenvalue weighted by Gasteiger charge is -2.63. The van der Waals surface area contributed by atoms with E-state index in [1.807, 2.05) is 11.0 Å². The molecule has 1 atom stereocenters. The van der Waals surface area contributed by atoms with Crippen LogP contribution in [0.4, 0.5) is 15.9 Å². The molecule has 0 bridgehead atoms. The molecule has 5 heterocycles. The molecule has 4 aliphatic heterocycles. The van der Waals surface area contributed by atoms with Crippen LogP contribution >= 0.6 is 11.6 Å². The third kappa shape index (κ3) is 7.89. The summed E-state index contributed by atoms with van der Waals surface area (Å²) in [4.78, 5) is 71.2. The molecule has 5 aliphatic rings. The van der Waals surface area contributed by atoms with Gasteiger partial charge in [-0.25, -0.2) is 4.39 Å². The summed E-state index contributed by atoms with van der Waals surface area (Å²) in [6.45, 7) is 13.3. The molecule has 3 saturated heterocycles. The smallest absolute Gasteiger partial charge is 0.272 e. The van der Waals surface area contributed by atoms with Gasteiger partial charge >= 0.3 is 0 Å². The van der Waals surface area contributed by atoms with Gasteiger partial charge in [0.25, 0.3) is 17.7 Å². The molecule has 1 aromatic heterocycles. The molecule has 17 heteroatoms. The van der Waals surface area contributed by atoms with Gasteiger partial charge in [0.2, 0.25) is 11.8 Å². The summed E-state index contributed by atoms with van der Waals surface area (Å²) < 4.78 is 21.8.